The summed E-state index contributed by atoms with van der Waals surface area (Å²) in [5.41, 5.74) is 1.86. The van der Waals surface area contributed by atoms with Gasteiger partial charge in [-0.05, 0) is 32.1 Å². The van der Waals surface area contributed by atoms with Crippen LogP contribution in [0.15, 0.2) is 11.8 Å². The first-order valence-electron chi connectivity index (χ1n) is 5.69. The minimum Gasteiger partial charge on any atom is -0.376 e. The van der Waals surface area contributed by atoms with Crippen LogP contribution in [-0.2, 0) is 0 Å². The SMILES string of the molecule is CC/C=C(\CC(C)(C)C)N(C)C(C)C. The van der Waals surface area contributed by atoms with Gasteiger partial charge in [-0.15, -0.1) is 0 Å². The largest absolute Gasteiger partial charge is 0.376 e. The topological polar surface area (TPSA) is 3.24 Å². The van der Waals surface area contributed by atoms with E-state index in [0.29, 0.717) is 11.5 Å². The molecule has 1 nitrogen and oxygen atoms in total. The maximum Gasteiger partial charge on any atom is 0.0227 e. The molecule has 0 amide bonds. The van der Waals surface area contributed by atoms with Crippen molar-refractivity contribution in [1.82, 2.24) is 4.90 Å². The zero-order chi connectivity index (χ0) is 11.4. The Labute approximate surface area is 90.2 Å². The Morgan fingerprint density at radius 2 is 1.79 bits per heavy atom. The van der Waals surface area contributed by atoms with Gasteiger partial charge in [0.15, 0.2) is 0 Å². The Balaban J connectivity index is 4.54. The fourth-order valence-electron chi connectivity index (χ4n) is 1.45. The Bertz CT molecular complexity index is 184. The first-order chi connectivity index (χ1) is 6.28. The van der Waals surface area contributed by atoms with Crippen LogP contribution >= 0.6 is 0 Å². The van der Waals surface area contributed by atoms with Gasteiger partial charge in [-0.3, -0.25) is 0 Å². The summed E-state index contributed by atoms with van der Waals surface area (Å²) in [6.07, 6.45) is 4.64. The van der Waals surface area contributed by atoms with Crippen molar-refractivity contribution in [2.75, 3.05) is 7.05 Å². The van der Waals surface area contributed by atoms with Gasteiger partial charge in [-0.1, -0.05) is 33.8 Å². The lowest BCUT2D eigenvalue weighted by atomic mass is 9.89. The van der Waals surface area contributed by atoms with E-state index in [1.54, 1.807) is 0 Å². The van der Waals surface area contributed by atoms with Crippen molar-refractivity contribution in [3.8, 4) is 0 Å². The molecule has 0 aromatic heterocycles. The van der Waals surface area contributed by atoms with Crippen LogP contribution in [0.3, 0.4) is 0 Å². The summed E-state index contributed by atoms with van der Waals surface area (Å²) in [4.78, 5) is 2.38. The van der Waals surface area contributed by atoms with Crippen LogP contribution in [-0.4, -0.2) is 18.0 Å². The molecule has 1 heteroatoms. The summed E-state index contributed by atoms with van der Waals surface area (Å²) >= 11 is 0. The highest BCUT2D eigenvalue weighted by Gasteiger charge is 2.16. The summed E-state index contributed by atoms with van der Waals surface area (Å²) < 4.78 is 0. The van der Waals surface area contributed by atoms with Crippen molar-refractivity contribution in [1.29, 1.82) is 0 Å². The molecule has 0 rings (SSSR count). The minimum atomic E-state index is 0.379. The first kappa shape index (κ1) is 13.5. The summed E-state index contributed by atoms with van der Waals surface area (Å²) in [6, 6.07) is 0.593. The lowest BCUT2D eigenvalue weighted by Crippen LogP contribution is -2.28. The molecule has 0 fully saturated rings. The van der Waals surface area contributed by atoms with Crippen LogP contribution in [0.2, 0.25) is 0 Å². The third kappa shape index (κ3) is 5.31. The number of allylic oxidation sites excluding steroid dienone is 2. The number of nitrogens with zero attached hydrogens (tertiary/aromatic N) is 1. The summed E-state index contributed by atoms with van der Waals surface area (Å²) in [7, 11) is 2.19. The van der Waals surface area contributed by atoms with Crippen molar-refractivity contribution < 1.29 is 0 Å². The third-order valence-corrected chi connectivity index (χ3v) is 2.38. The van der Waals surface area contributed by atoms with E-state index < -0.39 is 0 Å². The van der Waals surface area contributed by atoms with E-state index in [2.05, 4.69) is 59.6 Å². The van der Waals surface area contributed by atoms with Gasteiger partial charge in [-0.2, -0.15) is 0 Å². The summed E-state index contributed by atoms with van der Waals surface area (Å²) in [6.45, 7) is 13.6. The lowest BCUT2D eigenvalue weighted by Gasteiger charge is -2.31. The summed E-state index contributed by atoms with van der Waals surface area (Å²) in [5.74, 6) is 0. The van der Waals surface area contributed by atoms with E-state index in [1.165, 1.54) is 5.70 Å². The van der Waals surface area contributed by atoms with Crippen LogP contribution in [0.4, 0.5) is 0 Å². The van der Waals surface area contributed by atoms with Gasteiger partial charge in [0.2, 0.25) is 0 Å². The van der Waals surface area contributed by atoms with Gasteiger partial charge in [0, 0.05) is 18.8 Å². The van der Waals surface area contributed by atoms with E-state index in [9.17, 15) is 0 Å². The lowest BCUT2D eigenvalue weighted by molar-refractivity contribution is 0.287. The molecule has 0 aromatic rings. The summed E-state index contributed by atoms with van der Waals surface area (Å²) in [5, 5.41) is 0. The monoisotopic (exact) mass is 197 g/mol. The van der Waals surface area contributed by atoms with Crippen LogP contribution in [0, 0.1) is 5.41 Å². The van der Waals surface area contributed by atoms with Crippen molar-refractivity contribution in [2.24, 2.45) is 5.41 Å². The highest BCUT2D eigenvalue weighted by molar-refractivity contribution is 5.03. The number of hydrogen-bond donors (Lipinski definition) is 0. The maximum atomic E-state index is 2.38. The quantitative estimate of drug-likeness (QED) is 0.657. The van der Waals surface area contributed by atoms with Gasteiger partial charge in [0.05, 0.1) is 0 Å². The molecule has 0 aromatic carbocycles. The predicted molar refractivity (Wildman–Crippen MR) is 65.3 cm³/mol. The molecule has 84 valence electrons. The van der Waals surface area contributed by atoms with Crippen molar-refractivity contribution >= 4 is 0 Å². The molecule has 0 spiro atoms. The van der Waals surface area contributed by atoms with Gasteiger partial charge in [0.1, 0.15) is 0 Å². The zero-order valence-electron chi connectivity index (χ0n) is 11.0. The van der Waals surface area contributed by atoms with Crippen molar-refractivity contribution in [2.45, 2.75) is 60.4 Å². The second-order valence-electron chi connectivity index (χ2n) is 5.55. The zero-order valence-corrected chi connectivity index (χ0v) is 11.0. The molecule has 0 aliphatic rings. The Morgan fingerprint density at radius 1 is 1.29 bits per heavy atom. The van der Waals surface area contributed by atoms with Crippen LogP contribution < -0.4 is 0 Å². The molecule has 0 N–H and O–H groups in total. The van der Waals surface area contributed by atoms with E-state index in [-0.39, 0.29) is 0 Å². The van der Waals surface area contributed by atoms with E-state index in [1.807, 2.05) is 0 Å². The Kier molecular flexibility index (Phi) is 5.25. The minimum absolute atomic E-state index is 0.379. The van der Waals surface area contributed by atoms with Gasteiger partial charge in [0.25, 0.3) is 0 Å². The molecule has 0 bridgehead atoms. The average molecular weight is 197 g/mol. The first-order valence-corrected chi connectivity index (χ1v) is 5.69. The molecule has 0 saturated heterocycles. The Morgan fingerprint density at radius 3 is 2.07 bits per heavy atom. The van der Waals surface area contributed by atoms with Crippen LogP contribution in [0.5, 0.6) is 0 Å². The maximum absolute atomic E-state index is 2.38. The van der Waals surface area contributed by atoms with Gasteiger partial charge < -0.3 is 4.90 Å². The molecule has 0 heterocycles. The third-order valence-electron chi connectivity index (χ3n) is 2.38. The van der Waals surface area contributed by atoms with Crippen LogP contribution in [0.1, 0.15) is 54.4 Å². The average Bonchev–Trinajstić information content (AvgIpc) is 1.99. The van der Waals surface area contributed by atoms with E-state index in [0.717, 1.165) is 12.8 Å². The van der Waals surface area contributed by atoms with Crippen molar-refractivity contribution in [3.05, 3.63) is 11.8 Å². The normalized spacial score (nSPS) is 13.6. The van der Waals surface area contributed by atoms with Crippen molar-refractivity contribution in [3.63, 3.8) is 0 Å². The van der Waals surface area contributed by atoms with E-state index in [4.69, 9.17) is 0 Å². The fraction of sp³-hybridized carbons (Fsp3) is 0.846. The molecule has 14 heavy (non-hydrogen) atoms. The molecular weight excluding hydrogens is 170 g/mol. The molecule has 0 saturated carbocycles. The highest BCUT2D eigenvalue weighted by Crippen LogP contribution is 2.26. The molecular formula is C13H27N. The van der Waals surface area contributed by atoms with Crippen LogP contribution in [0.25, 0.3) is 0 Å². The molecule has 0 radical (unpaired) electrons. The number of rotatable bonds is 4. The molecule has 0 unspecified atom stereocenters. The second-order valence-corrected chi connectivity index (χ2v) is 5.55. The second kappa shape index (κ2) is 5.43. The van der Waals surface area contributed by atoms with Gasteiger partial charge >= 0.3 is 0 Å². The predicted octanol–water partition coefficient (Wildman–Crippen LogP) is 4.06. The molecule has 0 aliphatic heterocycles. The highest BCUT2D eigenvalue weighted by atomic mass is 15.1. The Hall–Kier alpha value is -0.460. The fourth-order valence-corrected chi connectivity index (χ4v) is 1.45. The smallest absolute Gasteiger partial charge is 0.0227 e. The standard InChI is InChI=1S/C13H27N/c1-8-9-12(10-13(4,5)6)14(7)11(2)3/h9,11H,8,10H2,1-7H3/b12-9+. The molecule has 0 atom stereocenters. The molecule has 0 aliphatic carbocycles. The van der Waals surface area contributed by atoms with E-state index >= 15 is 0 Å². The van der Waals surface area contributed by atoms with Gasteiger partial charge in [-0.25, -0.2) is 0 Å². The number of hydrogen-bond acceptors (Lipinski definition) is 1.